The van der Waals surface area contributed by atoms with Crippen molar-refractivity contribution < 1.29 is 32.6 Å². The average molecular weight is 664 g/mol. The SMILES string of the molecule is COC(C)(C)CC(=O)Oc1c2n(ccc1=O)N([C@@H]1c3ccccc3SCc3c1ccc(F)c3F)[C@@H]1[C@H]3C[C@@H]4CC[C@@]3(CCN1C2=O)O4. The highest BCUT2D eigenvalue weighted by Gasteiger charge is 2.63. The molecule has 2 aromatic carbocycles. The summed E-state index contributed by atoms with van der Waals surface area (Å²) in [5.74, 6) is -3.24. The molecule has 5 aliphatic heterocycles. The van der Waals surface area contributed by atoms with Gasteiger partial charge >= 0.3 is 5.97 Å². The van der Waals surface area contributed by atoms with Gasteiger partial charge in [0.05, 0.1) is 29.8 Å². The van der Waals surface area contributed by atoms with E-state index < -0.39 is 52.3 Å². The lowest BCUT2D eigenvalue weighted by atomic mass is 9.71. The molecule has 12 heteroatoms. The molecule has 47 heavy (non-hydrogen) atoms. The van der Waals surface area contributed by atoms with Crippen LogP contribution in [0.4, 0.5) is 8.78 Å². The number of piperidine rings is 1. The summed E-state index contributed by atoms with van der Waals surface area (Å²) < 4.78 is 49.8. The van der Waals surface area contributed by atoms with Gasteiger partial charge in [0.2, 0.25) is 11.2 Å². The average Bonchev–Trinajstić information content (AvgIpc) is 3.58. The molecule has 0 unspecified atom stereocenters. The first-order chi connectivity index (χ1) is 22.5. The van der Waals surface area contributed by atoms with E-state index >= 15 is 4.39 Å². The summed E-state index contributed by atoms with van der Waals surface area (Å²) in [5, 5.41) is 2.02. The van der Waals surface area contributed by atoms with E-state index in [4.69, 9.17) is 14.2 Å². The molecule has 1 amide bonds. The lowest BCUT2D eigenvalue weighted by Crippen LogP contribution is -2.70. The van der Waals surface area contributed by atoms with Crippen LogP contribution in [-0.4, -0.2) is 58.6 Å². The van der Waals surface area contributed by atoms with E-state index in [0.717, 1.165) is 35.8 Å². The van der Waals surface area contributed by atoms with Crippen LogP contribution in [0.2, 0.25) is 0 Å². The summed E-state index contributed by atoms with van der Waals surface area (Å²) in [7, 11) is 1.48. The van der Waals surface area contributed by atoms with Gasteiger partial charge in [-0.2, -0.15) is 0 Å². The van der Waals surface area contributed by atoms with Crippen LogP contribution in [0.5, 0.6) is 5.75 Å². The van der Waals surface area contributed by atoms with Gasteiger partial charge in [-0.05, 0) is 62.8 Å². The number of nitrogens with zero attached hydrogens (tertiary/aromatic N) is 3. The maximum Gasteiger partial charge on any atom is 0.314 e. The summed E-state index contributed by atoms with van der Waals surface area (Å²) in [6.45, 7) is 3.80. The fraction of sp³-hybridized carbons (Fsp3) is 0.457. The van der Waals surface area contributed by atoms with E-state index in [1.807, 2.05) is 29.3 Å². The van der Waals surface area contributed by atoms with E-state index in [9.17, 15) is 18.8 Å². The number of hydrogen-bond acceptors (Lipinski definition) is 8. The van der Waals surface area contributed by atoms with Gasteiger partial charge in [-0.25, -0.2) is 8.78 Å². The third-order valence-corrected chi connectivity index (χ3v) is 11.8. The Morgan fingerprint density at radius 1 is 1.11 bits per heavy atom. The second-order valence-electron chi connectivity index (χ2n) is 13.7. The van der Waals surface area contributed by atoms with Gasteiger partial charge in [-0.3, -0.25) is 24.1 Å². The zero-order valence-corrected chi connectivity index (χ0v) is 27.1. The molecule has 0 saturated carbocycles. The Bertz CT molecular complexity index is 1880. The number of pyridine rings is 1. The summed E-state index contributed by atoms with van der Waals surface area (Å²) >= 11 is 1.43. The Balaban J connectivity index is 1.37. The molecule has 8 rings (SSSR count). The molecule has 1 spiro atoms. The number of carbonyl (C=O) groups is 2. The smallest absolute Gasteiger partial charge is 0.314 e. The predicted molar refractivity (Wildman–Crippen MR) is 169 cm³/mol. The Morgan fingerprint density at radius 2 is 1.91 bits per heavy atom. The Kier molecular flexibility index (Phi) is 7.09. The minimum Gasteiger partial charge on any atom is -0.420 e. The number of esters is 1. The maximum absolute atomic E-state index is 15.7. The van der Waals surface area contributed by atoms with Crippen molar-refractivity contribution in [2.75, 3.05) is 18.7 Å². The molecule has 9 nitrogen and oxygen atoms in total. The molecule has 3 fully saturated rings. The van der Waals surface area contributed by atoms with Crippen molar-refractivity contribution in [3.63, 3.8) is 0 Å². The van der Waals surface area contributed by atoms with Crippen molar-refractivity contribution in [3.8, 4) is 5.75 Å². The highest BCUT2D eigenvalue weighted by Crippen LogP contribution is 2.57. The minimum absolute atomic E-state index is 0.0729. The third kappa shape index (κ3) is 4.66. The fourth-order valence-corrected chi connectivity index (χ4v) is 9.43. The summed E-state index contributed by atoms with van der Waals surface area (Å²) in [6.07, 6.45) is 4.09. The first-order valence-electron chi connectivity index (χ1n) is 16.0. The quantitative estimate of drug-likeness (QED) is 0.340. The van der Waals surface area contributed by atoms with E-state index in [0.29, 0.717) is 18.5 Å². The van der Waals surface area contributed by atoms with Crippen LogP contribution < -0.4 is 15.2 Å². The summed E-state index contributed by atoms with van der Waals surface area (Å²) in [5.41, 5.74) is -0.334. The van der Waals surface area contributed by atoms with Crippen LogP contribution in [0.3, 0.4) is 0 Å². The fourth-order valence-electron chi connectivity index (χ4n) is 8.32. The Morgan fingerprint density at radius 3 is 2.70 bits per heavy atom. The Labute approximate surface area is 274 Å². The number of methoxy groups -OCH3 is 1. The molecule has 3 aromatic rings. The van der Waals surface area contributed by atoms with Crippen molar-refractivity contribution in [1.82, 2.24) is 9.58 Å². The lowest BCUT2D eigenvalue weighted by Gasteiger charge is -2.57. The number of benzene rings is 2. The molecule has 0 radical (unpaired) electrons. The monoisotopic (exact) mass is 663 g/mol. The van der Waals surface area contributed by atoms with Crippen LogP contribution in [0, 0.1) is 17.6 Å². The lowest BCUT2D eigenvalue weighted by molar-refractivity contribution is -0.139. The van der Waals surface area contributed by atoms with Gasteiger partial charge in [-0.1, -0.05) is 24.3 Å². The van der Waals surface area contributed by atoms with Crippen molar-refractivity contribution in [2.45, 2.75) is 86.1 Å². The van der Waals surface area contributed by atoms with Crippen LogP contribution in [0.15, 0.2) is 58.4 Å². The maximum atomic E-state index is 15.7. The normalized spacial score (nSPS) is 27.4. The highest BCUT2D eigenvalue weighted by atomic mass is 32.2. The molecule has 0 N–H and O–H groups in total. The number of halogens is 2. The predicted octanol–water partition coefficient (Wildman–Crippen LogP) is 5.30. The van der Waals surface area contributed by atoms with Gasteiger partial charge in [0.15, 0.2) is 17.3 Å². The second-order valence-corrected chi connectivity index (χ2v) is 14.7. The summed E-state index contributed by atoms with van der Waals surface area (Å²) in [6, 6.07) is 11.1. The van der Waals surface area contributed by atoms with Crippen molar-refractivity contribution in [1.29, 1.82) is 0 Å². The number of amides is 1. The van der Waals surface area contributed by atoms with E-state index in [1.54, 1.807) is 29.5 Å². The molecule has 2 bridgehead atoms. The number of rotatable bonds is 5. The van der Waals surface area contributed by atoms with Gasteiger partial charge in [0.25, 0.3) is 5.91 Å². The molecule has 246 valence electrons. The first-order valence-corrected chi connectivity index (χ1v) is 17.0. The van der Waals surface area contributed by atoms with Crippen LogP contribution in [-0.2, 0) is 20.0 Å². The highest BCUT2D eigenvalue weighted by molar-refractivity contribution is 7.98. The minimum atomic E-state index is -0.931. The number of ether oxygens (including phenoxy) is 3. The molecule has 6 heterocycles. The zero-order valence-electron chi connectivity index (χ0n) is 26.3. The second kappa shape index (κ2) is 10.9. The van der Waals surface area contributed by atoms with Gasteiger partial charge in [0.1, 0.15) is 6.17 Å². The number of thioether (sulfide) groups is 1. The van der Waals surface area contributed by atoms with Crippen LogP contribution in [0.1, 0.15) is 79.2 Å². The van der Waals surface area contributed by atoms with Crippen molar-refractivity contribution >= 4 is 23.6 Å². The van der Waals surface area contributed by atoms with E-state index in [-0.39, 0.29) is 41.2 Å². The number of carbonyl (C=O) groups excluding carboxylic acids is 2. The topological polar surface area (TPSA) is 90.3 Å². The molecule has 0 aliphatic carbocycles. The zero-order chi connectivity index (χ0) is 32.8. The molecule has 3 saturated heterocycles. The van der Waals surface area contributed by atoms with Crippen molar-refractivity contribution in [2.24, 2.45) is 5.92 Å². The molecule has 1 aromatic heterocycles. The number of aromatic nitrogens is 1. The van der Waals surface area contributed by atoms with E-state index in [2.05, 4.69) is 0 Å². The molecular formula is C35H35F2N3O6S. The van der Waals surface area contributed by atoms with Crippen LogP contribution in [0.25, 0.3) is 0 Å². The van der Waals surface area contributed by atoms with Gasteiger partial charge in [0, 0.05) is 48.0 Å². The van der Waals surface area contributed by atoms with Gasteiger partial charge < -0.3 is 19.1 Å². The largest absolute Gasteiger partial charge is 0.420 e. The molecule has 5 aliphatic rings. The molecular weight excluding hydrogens is 628 g/mol. The number of hydrogen-bond donors (Lipinski definition) is 0. The van der Waals surface area contributed by atoms with E-state index in [1.165, 1.54) is 31.1 Å². The van der Waals surface area contributed by atoms with Crippen LogP contribution >= 0.6 is 11.8 Å². The van der Waals surface area contributed by atoms with Gasteiger partial charge in [-0.15, -0.1) is 11.8 Å². The Hall–Kier alpha value is -3.74. The first kappa shape index (κ1) is 30.6. The number of fused-ring (bicyclic) bond motifs is 6. The molecule has 5 atom stereocenters. The van der Waals surface area contributed by atoms with Crippen molar-refractivity contribution in [3.05, 3.63) is 92.9 Å². The summed E-state index contributed by atoms with van der Waals surface area (Å²) in [4.78, 5) is 43.9. The standard InChI is InChI=1S/C35H35F2N3O6S/c1-34(2,44-3)17-27(42)45-31-25(41)11-14-39-30(31)33(43)38-15-13-35-12-10-19(46-35)16-23(35)32(38)40(39)29-20-8-9-24(36)28(37)22(20)18-47-26-7-5-4-6-21(26)29/h4-9,11,14,19,23,29,32H,10,12-13,15-18H2,1-3H3/t19-,23+,29-,32+,35-/m0/s1. The third-order valence-electron chi connectivity index (χ3n) is 10.7.